The van der Waals surface area contributed by atoms with Crippen LogP contribution in [0, 0.1) is 0 Å². The predicted octanol–water partition coefficient (Wildman–Crippen LogP) is 2.14. The number of fused-ring (bicyclic) bond motifs is 1. The van der Waals surface area contributed by atoms with Crippen molar-refractivity contribution in [1.82, 2.24) is 0 Å². The zero-order chi connectivity index (χ0) is 12.6. The Balaban J connectivity index is 2.46. The van der Waals surface area contributed by atoms with Crippen LogP contribution in [0.1, 0.15) is 19.4 Å². The molecule has 0 saturated carbocycles. The molecule has 1 heterocycles. The first-order valence-electron chi connectivity index (χ1n) is 5.30. The highest BCUT2D eigenvalue weighted by atomic mass is 35.5. The van der Waals surface area contributed by atoms with Gasteiger partial charge in [0, 0.05) is 5.69 Å². The molecule has 1 aliphatic rings. The van der Waals surface area contributed by atoms with Crippen LogP contribution in [0.25, 0.3) is 0 Å². The molecule has 0 atom stereocenters. The number of anilines is 1. The number of halogens is 1. The molecular formula is C12H14ClN3O. The van der Waals surface area contributed by atoms with Gasteiger partial charge in [0.1, 0.15) is 5.84 Å². The molecule has 0 unspecified atom stereocenters. The number of carbonyl (C=O) groups is 1. The van der Waals surface area contributed by atoms with E-state index in [0.29, 0.717) is 11.5 Å². The maximum atomic E-state index is 11.7. The number of hydrogen-bond acceptors (Lipinski definition) is 2. The van der Waals surface area contributed by atoms with E-state index in [-0.39, 0.29) is 11.8 Å². The Morgan fingerprint density at radius 1 is 1.53 bits per heavy atom. The van der Waals surface area contributed by atoms with Crippen molar-refractivity contribution in [3.05, 3.63) is 23.8 Å². The number of alkyl halides is 1. The van der Waals surface area contributed by atoms with Crippen LogP contribution in [0.5, 0.6) is 0 Å². The third-order valence-electron chi connectivity index (χ3n) is 2.90. The van der Waals surface area contributed by atoms with E-state index in [1.807, 2.05) is 26.0 Å². The highest BCUT2D eigenvalue weighted by Crippen LogP contribution is 2.39. The maximum Gasteiger partial charge on any atom is 0.234 e. The fourth-order valence-corrected chi connectivity index (χ4v) is 1.88. The van der Waals surface area contributed by atoms with Crippen molar-refractivity contribution in [2.45, 2.75) is 19.3 Å². The maximum absolute atomic E-state index is 11.7. The lowest BCUT2D eigenvalue weighted by molar-refractivity contribution is -0.119. The number of benzene rings is 1. The molecule has 0 bridgehead atoms. The van der Waals surface area contributed by atoms with Crippen molar-refractivity contribution in [2.24, 2.45) is 10.7 Å². The van der Waals surface area contributed by atoms with Gasteiger partial charge < -0.3 is 11.1 Å². The number of aliphatic imine (C=N–C) groups is 1. The molecule has 0 radical (unpaired) electrons. The number of carbonyl (C=O) groups excluding carboxylic acids is 1. The van der Waals surface area contributed by atoms with Gasteiger partial charge in [0.25, 0.3) is 0 Å². The van der Waals surface area contributed by atoms with Gasteiger partial charge in [0.15, 0.2) is 0 Å². The van der Waals surface area contributed by atoms with Gasteiger partial charge >= 0.3 is 0 Å². The van der Waals surface area contributed by atoms with Gasteiger partial charge in [-0.2, -0.15) is 0 Å². The molecule has 4 nitrogen and oxygen atoms in total. The lowest BCUT2D eigenvalue weighted by Crippen LogP contribution is -2.26. The van der Waals surface area contributed by atoms with Gasteiger partial charge in [-0.25, -0.2) is 4.99 Å². The second kappa shape index (κ2) is 4.04. The van der Waals surface area contributed by atoms with Gasteiger partial charge in [-0.05, 0) is 37.6 Å². The lowest BCUT2D eigenvalue weighted by atomic mass is 9.86. The number of hydrogen-bond donors (Lipinski definition) is 2. The fraction of sp³-hybridized carbons (Fsp3) is 0.333. The summed E-state index contributed by atoms with van der Waals surface area (Å²) in [6.45, 7) is 3.76. The Morgan fingerprint density at radius 2 is 2.24 bits per heavy atom. The van der Waals surface area contributed by atoms with Crippen LogP contribution < -0.4 is 11.1 Å². The molecule has 0 aromatic heterocycles. The van der Waals surface area contributed by atoms with Crippen molar-refractivity contribution < 1.29 is 4.79 Å². The molecule has 90 valence electrons. The summed E-state index contributed by atoms with van der Waals surface area (Å²) in [5, 5.41) is 2.84. The zero-order valence-corrected chi connectivity index (χ0v) is 10.5. The molecule has 5 heteroatoms. The van der Waals surface area contributed by atoms with E-state index in [1.54, 1.807) is 6.07 Å². The first kappa shape index (κ1) is 11.9. The summed E-state index contributed by atoms with van der Waals surface area (Å²) in [4.78, 5) is 15.9. The monoisotopic (exact) mass is 251 g/mol. The SMILES string of the molecule is CC1(C)C(=O)Nc2ccc(N=C(N)CCl)cc21. The Hall–Kier alpha value is -1.55. The van der Waals surface area contributed by atoms with Crippen molar-refractivity contribution in [3.8, 4) is 0 Å². The highest BCUT2D eigenvalue weighted by molar-refractivity contribution is 6.28. The molecule has 1 aromatic rings. The van der Waals surface area contributed by atoms with Crippen molar-refractivity contribution in [2.75, 3.05) is 11.2 Å². The Labute approximate surface area is 105 Å². The van der Waals surface area contributed by atoms with Crippen LogP contribution in [0.3, 0.4) is 0 Å². The van der Waals surface area contributed by atoms with Crippen LogP contribution in [-0.4, -0.2) is 17.6 Å². The van der Waals surface area contributed by atoms with Crippen molar-refractivity contribution in [1.29, 1.82) is 0 Å². The van der Waals surface area contributed by atoms with E-state index in [0.717, 1.165) is 11.3 Å². The molecule has 0 fully saturated rings. The number of nitrogens with one attached hydrogen (secondary N) is 1. The van der Waals surface area contributed by atoms with Crippen LogP contribution in [0.2, 0.25) is 0 Å². The first-order chi connectivity index (χ1) is 7.95. The summed E-state index contributed by atoms with van der Waals surface area (Å²) in [5.41, 5.74) is 7.54. The highest BCUT2D eigenvalue weighted by Gasteiger charge is 2.38. The van der Waals surface area contributed by atoms with Crippen LogP contribution in [0.4, 0.5) is 11.4 Å². The molecule has 0 saturated heterocycles. The minimum atomic E-state index is -0.531. The number of amides is 1. The average molecular weight is 252 g/mol. The summed E-state index contributed by atoms with van der Waals surface area (Å²) < 4.78 is 0. The van der Waals surface area contributed by atoms with Crippen molar-refractivity contribution in [3.63, 3.8) is 0 Å². The van der Waals surface area contributed by atoms with E-state index < -0.39 is 5.41 Å². The Bertz CT molecular complexity index is 508. The molecular weight excluding hydrogens is 238 g/mol. The standard InChI is InChI=1S/C12H14ClN3O/c1-12(2)8-5-7(15-10(14)6-13)3-4-9(8)16-11(12)17/h3-5H,6H2,1-2H3,(H2,14,15)(H,16,17). The number of nitrogens with two attached hydrogens (primary N) is 1. The quantitative estimate of drug-likeness (QED) is 0.480. The third-order valence-corrected chi connectivity index (χ3v) is 3.18. The van der Waals surface area contributed by atoms with E-state index in [2.05, 4.69) is 10.3 Å². The molecule has 0 spiro atoms. The second-order valence-electron chi connectivity index (χ2n) is 4.55. The smallest absolute Gasteiger partial charge is 0.234 e. The molecule has 1 aliphatic heterocycles. The molecule has 1 aromatic carbocycles. The fourth-order valence-electron chi connectivity index (χ4n) is 1.82. The third kappa shape index (κ3) is 2.00. The van der Waals surface area contributed by atoms with Gasteiger partial charge in [-0.3, -0.25) is 4.79 Å². The first-order valence-corrected chi connectivity index (χ1v) is 5.83. The van der Waals surface area contributed by atoms with E-state index in [9.17, 15) is 4.79 Å². The van der Waals surface area contributed by atoms with E-state index >= 15 is 0 Å². The summed E-state index contributed by atoms with van der Waals surface area (Å²) in [5.74, 6) is 0.554. The largest absolute Gasteiger partial charge is 0.386 e. The molecule has 3 N–H and O–H groups in total. The predicted molar refractivity (Wildman–Crippen MR) is 70.1 cm³/mol. The minimum absolute atomic E-state index is 0.000977. The summed E-state index contributed by atoms with van der Waals surface area (Å²) in [6, 6.07) is 5.51. The Morgan fingerprint density at radius 3 is 2.88 bits per heavy atom. The van der Waals surface area contributed by atoms with Crippen LogP contribution >= 0.6 is 11.6 Å². The second-order valence-corrected chi connectivity index (χ2v) is 4.81. The van der Waals surface area contributed by atoms with Gasteiger partial charge in [-0.15, -0.1) is 11.6 Å². The molecule has 1 amide bonds. The molecule has 2 rings (SSSR count). The average Bonchev–Trinajstić information content (AvgIpc) is 2.51. The van der Waals surface area contributed by atoms with Crippen LogP contribution in [0.15, 0.2) is 23.2 Å². The number of rotatable bonds is 2. The van der Waals surface area contributed by atoms with Crippen LogP contribution in [-0.2, 0) is 10.2 Å². The van der Waals surface area contributed by atoms with Gasteiger partial charge in [-0.1, -0.05) is 0 Å². The van der Waals surface area contributed by atoms with Crippen molar-refractivity contribution >= 4 is 34.7 Å². The van der Waals surface area contributed by atoms with E-state index in [1.165, 1.54) is 0 Å². The normalized spacial score (nSPS) is 17.8. The Kier molecular flexibility index (Phi) is 2.83. The molecule has 0 aliphatic carbocycles. The summed E-state index contributed by atoms with van der Waals surface area (Å²) in [6.07, 6.45) is 0. The summed E-state index contributed by atoms with van der Waals surface area (Å²) in [7, 11) is 0. The van der Waals surface area contributed by atoms with Gasteiger partial charge in [0.05, 0.1) is 17.0 Å². The zero-order valence-electron chi connectivity index (χ0n) is 9.75. The number of amidine groups is 1. The summed E-state index contributed by atoms with van der Waals surface area (Å²) >= 11 is 5.58. The van der Waals surface area contributed by atoms with Gasteiger partial charge in [0.2, 0.25) is 5.91 Å². The topological polar surface area (TPSA) is 67.5 Å². The number of nitrogens with zero attached hydrogens (tertiary/aromatic N) is 1. The lowest BCUT2D eigenvalue weighted by Gasteiger charge is -2.15. The minimum Gasteiger partial charge on any atom is -0.386 e. The van der Waals surface area contributed by atoms with E-state index in [4.69, 9.17) is 17.3 Å². The molecule has 17 heavy (non-hydrogen) atoms.